The second-order valence-electron chi connectivity index (χ2n) is 5.48. The molecule has 1 aliphatic rings. The van der Waals surface area contributed by atoms with Gasteiger partial charge in [0.1, 0.15) is 11.6 Å². The third kappa shape index (κ3) is 3.18. The van der Waals surface area contributed by atoms with Crippen LogP contribution >= 0.6 is 0 Å². The van der Waals surface area contributed by atoms with Crippen LogP contribution in [0.4, 0.5) is 8.78 Å². The number of hydrogen-bond acceptors (Lipinski definition) is 2. The predicted molar refractivity (Wildman–Crippen MR) is 70.1 cm³/mol. The van der Waals surface area contributed by atoms with E-state index in [1.54, 1.807) is 0 Å². The fourth-order valence-electron chi connectivity index (χ4n) is 2.63. The number of carbonyl (C=O) groups excluding carboxylic acids is 1. The molecule has 2 unspecified atom stereocenters. The van der Waals surface area contributed by atoms with Gasteiger partial charge in [0.15, 0.2) is 5.78 Å². The van der Waals surface area contributed by atoms with Crippen molar-refractivity contribution in [1.82, 2.24) is 4.90 Å². The van der Waals surface area contributed by atoms with Gasteiger partial charge < -0.3 is 0 Å². The number of likely N-dealkylation sites (tertiary alicyclic amines) is 1. The maximum atomic E-state index is 13.5. The van der Waals surface area contributed by atoms with Crippen LogP contribution in [0.1, 0.15) is 37.0 Å². The zero-order valence-electron chi connectivity index (χ0n) is 11.3. The summed E-state index contributed by atoms with van der Waals surface area (Å²) in [5, 5.41) is 0. The largest absolute Gasteiger partial charge is 0.293 e. The van der Waals surface area contributed by atoms with Crippen LogP contribution in [0.3, 0.4) is 0 Å². The molecule has 0 bridgehead atoms. The molecule has 0 saturated carbocycles. The van der Waals surface area contributed by atoms with Gasteiger partial charge >= 0.3 is 0 Å². The topological polar surface area (TPSA) is 20.3 Å². The molecule has 104 valence electrons. The Morgan fingerprint density at radius 1 is 1.26 bits per heavy atom. The quantitative estimate of drug-likeness (QED) is 0.783. The predicted octanol–water partition coefficient (Wildman–Crippen LogP) is 3.27. The van der Waals surface area contributed by atoms with Gasteiger partial charge in [-0.3, -0.25) is 9.69 Å². The van der Waals surface area contributed by atoms with Crippen molar-refractivity contribution in [2.75, 3.05) is 13.1 Å². The van der Waals surface area contributed by atoms with Crippen LogP contribution in [0.15, 0.2) is 18.2 Å². The zero-order chi connectivity index (χ0) is 14.0. The monoisotopic (exact) mass is 267 g/mol. The molecule has 1 aromatic carbocycles. The van der Waals surface area contributed by atoms with Crippen LogP contribution in [0.25, 0.3) is 0 Å². The van der Waals surface area contributed by atoms with Gasteiger partial charge in [-0.05, 0) is 37.8 Å². The van der Waals surface area contributed by atoms with E-state index in [0.29, 0.717) is 5.92 Å². The lowest BCUT2D eigenvalue weighted by atomic mass is 9.94. The molecule has 1 fully saturated rings. The number of Topliss-reactive ketones (excluding diaryl/α,β-unsaturated/α-hetero) is 1. The summed E-state index contributed by atoms with van der Waals surface area (Å²) in [5.41, 5.74) is -0.409. The molecule has 1 heterocycles. The number of carbonyl (C=O) groups is 1. The number of hydrogen-bond donors (Lipinski definition) is 0. The molecule has 0 aromatic heterocycles. The first kappa shape index (κ1) is 14.1. The van der Waals surface area contributed by atoms with Crippen molar-refractivity contribution >= 4 is 5.78 Å². The van der Waals surface area contributed by atoms with Crippen LogP contribution in [0, 0.1) is 17.6 Å². The average molecular weight is 267 g/mol. The van der Waals surface area contributed by atoms with E-state index in [-0.39, 0.29) is 12.6 Å². The minimum absolute atomic E-state index is 0.0867. The van der Waals surface area contributed by atoms with Crippen molar-refractivity contribution in [2.45, 2.75) is 32.7 Å². The molecule has 0 spiro atoms. The maximum Gasteiger partial charge on any atom is 0.182 e. The molecular weight excluding hydrogens is 248 g/mol. The molecule has 19 heavy (non-hydrogen) atoms. The van der Waals surface area contributed by atoms with E-state index in [1.165, 1.54) is 6.07 Å². The van der Waals surface area contributed by atoms with Gasteiger partial charge in [-0.25, -0.2) is 8.78 Å². The summed E-state index contributed by atoms with van der Waals surface area (Å²) < 4.78 is 27.1. The summed E-state index contributed by atoms with van der Waals surface area (Å²) in [4.78, 5) is 14.1. The van der Waals surface area contributed by atoms with E-state index in [0.717, 1.165) is 31.5 Å². The van der Waals surface area contributed by atoms with Crippen molar-refractivity contribution < 1.29 is 13.6 Å². The first-order chi connectivity index (χ1) is 8.99. The van der Waals surface area contributed by atoms with Crippen LogP contribution in [-0.4, -0.2) is 29.8 Å². The van der Waals surface area contributed by atoms with E-state index in [2.05, 4.69) is 13.8 Å². The number of halogens is 2. The van der Waals surface area contributed by atoms with Gasteiger partial charge in [-0.1, -0.05) is 13.0 Å². The molecule has 0 amide bonds. The normalized spacial score (nSPS) is 24.4. The molecule has 1 aliphatic heterocycles. The summed E-state index contributed by atoms with van der Waals surface area (Å²) in [6.45, 7) is 5.08. The number of piperidine rings is 1. The highest BCUT2D eigenvalue weighted by Gasteiger charge is 2.26. The zero-order valence-corrected chi connectivity index (χ0v) is 11.3. The second kappa shape index (κ2) is 5.78. The minimum Gasteiger partial charge on any atom is -0.293 e. The van der Waals surface area contributed by atoms with Gasteiger partial charge in [0, 0.05) is 12.6 Å². The Balaban J connectivity index is 2.12. The van der Waals surface area contributed by atoms with Gasteiger partial charge in [-0.15, -0.1) is 0 Å². The summed E-state index contributed by atoms with van der Waals surface area (Å²) in [7, 11) is 0. The Hall–Kier alpha value is -1.29. The van der Waals surface area contributed by atoms with Crippen LogP contribution in [-0.2, 0) is 0 Å². The molecule has 0 radical (unpaired) electrons. The van der Waals surface area contributed by atoms with Crippen LogP contribution in [0.2, 0.25) is 0 Å². The molecule has 0 aliphatic carbocycles. The summed E-state index contributed by atoms with van der Waals surface area (Å²) in [5.74, 6) is -1.50. The molecule has 2 atom stereocenters. The summed E-state index contributed by atoms with van der Waals surface area (Å²) in [6, 6.07) is 3.81. The number of nitrogens with zero attached hydrogens (tertiary/aromatic N) is 1. The van der Waals surface area contributed by atoms with Crippen molar-refractivity contribution in [3.63, 3.8) is 0 Å². The van der Waals surface area contributed by atoms with E-state index in [9.17, 15) is 13.6 Å². The molecular formula is C15H19F2NO. The minimum atomic E-state index is -0.775. The first-order valence-electron chi connectivity index (χ1n) is 6.70. The lowest BCUT2D eigenvalue weighted by Gasteiger charge is -2.36. The van der Waals surface area contributed by atoms with E-state index in [1.807, 2.05) is 4.90 Å². The SMILES string of the molecule is CC1CCC(C)N(CC(=O)c2c(F)cccc2F)C1. The third-order valence-electron chi connectivity index (χ3n) is 3.84. The number of rotatable bonds is 3. The Bertz CT molecular complexity index is 455. The van der Waals surface area contributed by atoms with E-state index in [4.69, 9.17) is 0 Å². The second-order valence-corrected chi connectivity index (χ2v) is 5.48. The van der Waals surface area contributed by atoms with Crippen molar-refractivity contribution in [3.8, 4) is 0 Å². The average Bonchev–Trinajstić information content (AvgIpc) is 2.33. The molecule has 2 rings (SSSR count). The van der Waals surface area contributed by atoms with Gasteiger partial charge in [0.2, 0.25) is 0 Å². The highest BCUT2D eigenvalue weighted by molar-refractivity contribution is 5.98. The van der Waals surface area contributed by atoms with Gasteiger partial charge in [0.05, 0.1) is 12.1 Å². The maximum absolute atomic E-state index is 13.5. The lowest BCUT2D eigenvalue weighted by Crippen LogP contribution is -2.44. The number of benzene rings is 1. The molecule has 1 aromatic rings. The molecule has 1 saturated heterocycles. The first-order valence-corrected chi connectivity index (χ1v) is 6.70. The fourth-order valence-corrected chi connectivity index (χ4v) is 2.63. The Kier molecular flexibility index (Phi) is 4.30. The number of ketones is 1. The molecule has 0 N–H and O–H groups in total. The van der Waals surface area contributed by atoms with Crippen molar-refractivity contribution in [1.29, 1.82) is 0 Å². The van der Waals surface area contributed by atoms with Crippen LogP contribution < -0.4 is 0 Å². The van der Waals surface area contributed by atoms with E-state index < -0.39 is 23.0 Å². The molecule has 4 heteroatoms. The smallest absolute Gasteiger partial charge is 0.182 e. The van der Waals surface area contributed by atoms with Gasteiger partial charge in [0.25, 0.3) is 0 Å². The van der Waals surface area contributed by atoms with Gasteiger partial charge in [-0.2, -0.15) is 0 Å². The van der Waals surface area contributed by atoms with Crippen molar-refractivity contribution in [2.24, 2.45) is 5.92 Å². The van der Waals surface area contributed by atoms with Crippen molar-refractivity contribution in [3.05, 3.63) is 35.4 Å². The third-order valence-corrected chi connectivity index (χ3v) is 3.84. The highest BCUT2D eigenvalue weighted by Crippen LogP contribution is 2.22. The van der Waals surface area contributed by atoms with Crippen LogP contribution in [0.5, 0.6) is 0 Å². The summed E-state index contributed by atoms with van der Waals surface area (Å²) in [6.07, 6.45) is 2.16. The van der Waals surface area contributed by atoms with E-state index >= 15 is 0 Å². The molecule has 2 nitrogen and oxygen atoms in total. The summed E-state index contributed by atoms with van der Waals surface area (Å²) >= 11 is 0. The lowest BCUT2D eigenvalue weighted by molar-refractivity contribution is 0.0797. The highest BCUT2D eigenvalue weighted by atomic mass is 19.1. The Morgan fingerprint density at radius 3 is 2.53 bits per heavy atom. The Labute approximate surface area is 112 Å². The fraction of sp³-hybridized carbons (Fsp3) is 0.533. The standard InChI is InChI=1S/C15H19F2NO/c1-10-6-7-11(2)18(8-10)9-14(19)15-12(16)4-3-5-13(15)17/h3-5,10-11H,6-9H2,1-2H3. The Morgan fingerprint density at radius 2 is 1.89 bits per heavy atom.